The molecule has 0 N–H and O–H groups in total. The van der Waals surface area contributed by atoms with Crippen LogP contribution in [0, 0.1) is 0 Å². The molecule has 19 heavy (non-hydrogen) atoms. The van der Waals surface area contributed by atoms with E-state index in [9.17, 15) is 28.8 Å². The van der Waals surface area contributed by atoms with Crippen molar-refractivity contribution < 1.29 is 28.8 Å². The van der Waals surface area contributed by atoms with Crippen molar-refractivity contribution in [1.29, 1.82) is 0 Å². The lowest BCUT2D eigenvalue weighted by Gasteiger charge is -2.14. The molecule has 0 amide bonds. The maximum Gasteiger partial charge on any atom is 0.144 e. The van der Waals surface area contributed by atoms with Crippen LogP contribution in [-0.2, 0) is 28.8 Å². The molecule has 0 aromatic heterocycles. The Morgan fingerprint density at radius 3 is 1.11 bits per heavy atom. The van der Waals surface area contributed by atoms with Gasteiger partial charge in [-0.2, -0.15) is 0 Å². The van der Waals surface area contributed by atoms with Crippen molar-refractivity contribution in [3.63, 3.8) is 0 Å². The number of hydrogen-bond acceptors (Lipinski definition) is 6. The van der Waals surface area contributed by atoms with E-state index in [1.807, 2.05) is 0 Å². The summed E-state index contributed by atoms with van der Waals surface area (Å²) >= 11 is 0. The molecule has 0 heterocycles. The highest BCUT2D eigenvalue weighted by Gasteiger charge is 2.19. The zero-order valence-corrected chi connectivity index (χ0v) is 11.3. The van der Waals surface area contributed by atoms with Gasteiger partial charge in [-0.25, -0.2) is 0 Å². The number of rotatable bonds is 12. The molecule has 0 aliphatic rings. The second kappa shape index (κ2) is 10.4. The van der Waals surface area contributed by atoms with E-state index in [0.717, 1.165) is 0 Å². The van der Waals surface area contributed by atoms with Gasteiger partial charge in [0.2, 0.25) is 0 Å². The van der Waals surface area contributed by atoms with Crippen molar-refractivity contribution in [3.05, 3.63) is 0 Å². The van der Waals surface area contributed by atoms with Crippen LogP contribution < -0.4 is 0 Å². The third-order valence-electron chi connectivity index (χ3n) is 2.13. The standard InChI is InChI=1S/C12H15O6P/c13-4-1-10(16)7-19(8-11(17)2-5-14)9-12(18)3-6-15/h4-6H,1-3,7-9H2. The lowest BCUT2D eigenvalue weighted by molar-refractivity contribution is -0.121. The van der Waals surface area contributed by atoms with Crippen molar-refractivity contribution in [1.82, 2.24) is 0 Å². The molecule has 0 saturated carbocycles. The molecule has 6 nitrogen and oxygen atoms in total. The monoisotopic (exact) mass is 286 g/mol. The minimum atomic E-state index is -1.24. The molecule has 0 saturated heterocycles. The van der Waals surface area contributed by atoms with E-state index in [1.54, 1.807) is 0 Å². The largest absolute Gasteiger partial charge is 0.303 e. The maximum absolute atomic E-state index is 11.4. The molecule has 0 atom stereocenters. The first-order valence-corrected chi connectivity index (χ1v) is 7.51. The Morgan fingerprint density at radius 1 is 0.632 bits per heavy atom. The Kier molecular flexibility index (Phi) is 9.53. The predicted octanol–water partition coefficient (Wildman–Crippen LogP) is -0.0574. The summed E-state index contributed by atoms with van der Waals surface area (Å²) in [5.74, 6) is -1.00. The van der Waals surface area contributed by atoms with Gasteiger partial charge in [-0.05, 0) is 0 Å². The van der Waals surface area contributed by atoms with Crippen LogP contribution in [0.5, 0.6) is 0 Å². The fourth-order valence-electron chi connectivity index (χ4n) is 1.39. The predicted molar refractivity (Wildman–Crippen MR) is 68.6 cm³/mol. The van der Waals surface area contributed by atoms with Crippen LogP contribution in [0.25, 0.3) is 0 Å². The molecule has 7 heteroatoms. The highest BCUT2D eigenvalue weighted by atomic mass is 31.1. The number of hydrogen-bond donors (Lipinski definition) is 0. The average Bonchev–Trinajstić information content (AvgIpc) is 2.29. The first-order chi connectivity index (χ1) is 9.03. The summed E-state index contributed by atoms with van der Waals surface area (Å²) in [6, 6.07) is 0. The van der Waals surface area contributed by atoms with Gasteiger partial charge < -0.3 is 14.4 Å². The minimum Gasteiger partial charge on any atom is -0.303 e. The number of carbonyl (C=O) groups excluding carboxylic acids is 6. The number of Topliss-reactive ketones (excluding diaryl/α,β-unsaturated/α-hetero) is 3. The van der Waals surface area contributed by atoms with Crippen LogP contribution in [0.15, 0.2) is 0 Å². The molecule has 0 spiro atoms. The summed E-state index contributed by atoms with van der Waals surface area (Å²) in [6.07, 6.45) is 0.631. The third kappa shape index (κ3) is 9.08. The molecule has 0 radical (unpaired) electrons. The van der Waals surface area contributed by atoms with Crippen LogP contribution >= 0.6 is 7.92 Å². The minimum absolute atomic E-state index is 0.0106. The highest BCUT2D eigenvalue weighted by molar-refractivity contribution is 7.60. The second-order valence-corrected chi connectivity index (χ2v) is 6.16. The summed E-state index contributed by atoms with van der Waals surface area (Å²) in [6.45, 7) is 0. The van der Waals surface area contributed by atoms with Crippen molar-refractivity contribution in [2.75, 3.05) is 18.5 Å². The van der Waals surface area contributed by atoms with Crippen LogP contribution in [-0.4, -0.2) is 54.7 Å². The molecular formula is C12H15O6P. The molecule has 104 valence electrons. The number of ketones is 3. The molecule has 0 unspecified atom stereocenters. The van der Waals surface area contributed by atoms with Gasteiger partial charge in [0.25, 0.3) is 0 Å². The van der Waals surface area contributed by atoms with Gasteiger partial charge >= 0.3 is 0 Å². The van der Waals surface area contributed by atoms with Crippen molar-refractivity contribution in [2.24, 2.45) is 0 Å². The molecule has 0 bridgehead atoms. The maximum atomic E-state index is 11.4. The summed E-state index contributed by atoms with van der Waals surface area (Å²) in [5.41, 5.74) is 0. The third-order valence-corrected chi connectivity index (χ3v) is 4.53. The first kappa shape index (κ1) is 17.4. The Hall–Kier alpha value is -1.55. The van der Waals surface area contributed by atoms with Gasteiger partial charge in [0, 0.05) is 18.5 Å². The molecule has 0 aromatic rings. The van der Waals surface area contributed by atoms with Gasteiger partial charge in [-0.1, -0.05) is 7.92 Å². The molecule has 0 rings (SSSR count). The zero-order valence-electron chi connectivity index (χ0n) is 10.4. The van der Waals surface area contributed by atoms with Crippen molar-refractivity contribution in [2.45, 2.75) is 19.3 Å². The van der Waals surface area contributed by atoms with E-state index in [1.165, 1.54) is 0 Å². The molecule has 0 aliphatic heterocycles. The van der Waals surface area contributed by atoms with E-state index in [0.29, 0.717) is 18.9 Å². The molecular weight excluding hydrogens is 271 g/mol. The van der Waals surface area contributed by atoms with Gasteiger partial charge in [0.1, 0.15) is 36.2 Å². The van der Waals surface area contributed by atoms with E-state index >= 15 is 0 Å². The fourth-order valence-corrected chi connectivity index (χ4v) is 3.61. The Balaban J connectivity index is 4.52. The molecule has 0 fully saturated rings. The summed E-state index contributed by atoms with van der Waals surface area (Å²) in [5, 5.41) is 0. The van der Waals surface area contributed by atoms with Crippen molar-refractivity contribution >= 4 is 44.1 Å². The Bertz CT molecular complexity index is 319. The second-order valence-electron chi connectivity index (χ2n) is 3.87. The summed E-state index contributed by atoms with van der Waals surface area (Å²) in [4.78, 5) is 64.7. The van der Waals surface area contributed by atoms with Gasteiger partial charge in [-0.15, -0.1) is 0 Å². The van der Waals surface area contributed by atoms with Crippen LogP contribution in [0.1, 0.15) is 19.3 Å². The Morgan fingerprint density at radius 2 is 0.895 bits per heavy atom. The summed E-state index contributed by atoms with van der Waals surface area (Å²) < 4.78 is 0. The number of carbonyl (C=O) groups is 6. The Labute approximate surface area is 111 Å². The van der Waals surface area contributed by atoms with Crippen LogP contribution in [0.4, 0.5) is 0 Å². The quantitative estimate of drug-likeness (QED) is 0.283. The first-order valence-electron chi connectivity index (χ1n) is 5.61. The van der Waals surface area contributed by atoms with E-state index in [4.69, 9.17) is 0 Å². The molecule has 0 aromatic carbocycles. The number of aldehydes is 3. The van der Waals surface area contributed by atoms with Crippen LogP contribution in [0.3, 0.4) is 0 Å². The summed E-state index contributed by atoms with van der Waals surface area (Å²) in [7, 11) is -1.24. The van der Waals surface area contributed by atoms with Crippen LogP contribution in [0.2, 0.25) is 0 Å². The van der Waals surface area contributed by atoms with Gasteiger partial charge in [0.15, 0.2) is 0 Å². The van der Waals surface area contributed by atoms with Crippen molar-refractivity contribution in [3.8, 4) is 0 Å². The van der Waals surface area contributed by atoms with E-state index in [-0.39, 0.29) is 55.1 Å². The topological polar surface area (TPSA) is 102 Å². The fraction of sp³-hybridized carbons (Fsp3) is 0.500. The van der Waals surface area contributed by atoms with Gasteiger partial charge in [-0.3, -0.25) is 14.4 Å². The van der Waals surface area contributed by atoms with Gasteiger partial charge in [0.05, 0.1) is 19.3 Å². The van der Waals surface area contributed by atoms with E-state index < -0.39 is 7.92 Å². The highest BCUT2D eigenvalue weighted by Crippen LogP contribution is 2.35. The average molecular weight is 286 g/mol. The van der Waals surface area contributed by atoms with E-state index in [2.05, 4.69) is 0 Å². The SMILES string of the molecule is O=CCC(=O)CP(CC(=O)CC=O)CC(=O)CC=O. The molecule has 0 aliphatic carbocycles. The smallest absolute Gasteiger partial charge is 0.144 e. The zero-order chi connectivity index (χ0) is 14.7. The lowest BCUT2D eigenvalue weighted by Crippen LogP contribution is -2.16. The normalized spacial score (nSPS) is 9.95. The lowest BCUT2D eigenvalue weighted by atomic mass is 10.3.